The number of benzene rings is 1. The lowest BCUT2D eigenvalue weighted by Gasteiger charge is -2.07. The van der Waals surface area contributed by atoms with Crippen LogP contribution in [0.1, 0.15) is 31.2 Å². The van der Waals surface area contributed by atoms with E-state index >= 15 is 0 Å². The predicted octanol–water partition coefficient (Wildman–Crippen LogP) is 3.42. The summed E-state index contributed by atoms with van der Waals surface area (Å²) >= 11 is 0. The number of methoxy groups -OCH3 is 1. The Labute approximate surface area is 102 Å². The van der Waals surface area contributed by atoms with Gasteiger partial charge in [0.15, 0.2) is 11.3 Å². The first-order valence-corrected chi connectivity index (χ1v) is 5.97. The Bertz CT molecular complexity index is 516. The van der Waals surface area contributed by atoms with E-state index in [0.29, 0.717) is 0 Å². The molecule has 0 amide bonds. The van der Waals surface area contributed by atoms with Crippen LogP contribution in [0.3, 0.4) is 0 Å². The van der Waals surface area contributed by atoms with Gasteiger partial charge in [-0.05, 0) is 44.2 Å². The lowest BCUT2D eigenvalue weighted by Crippen LogP contribution is -2.16. The van der Waals surface area contributed by atoms with Crippen LogP contribution in [0.15, 0.2) is 22.6 Å². The molecular weight excluding hydrogens is 214 g/mol. The molecule has 92 valence electrons. The molecule has 0 bridgehead atoms. The van der Waals surface area contributed by atoms with Crippen LogP contribution < -0.4 is 10.1 Å². The minimum atomic E-state index is 0.220. The summed E-state index contributed by atoms with van der Waals surface area (Å²) < 4.78 is 11.2. The van der Waals surface area contributed by atoms with Crippen molar-refractivity contribution in [3.8, 4) is 5.75 Å². The molecule has 0 fully saturated rings. The number of fused-ring (bicyclic) bond motifs is 1. The molecule has 1 aromatic heterocycles. The van der Waals surface area contributed by atoms with Crippen LogP contribution in [0, 0.1) is 6.92 Å². The zero-order valence-electron chi connectivity index (χ0n) is 10.8. The Balaban J connectivity index is 2.49. The third-order valence-electron chi connectivity index (χ3n) is 2.90. The standard InChI is InChI=1S/C14H19NO2/c1-5-15-10(3)12-8-11-6-9(2)7-13(16-4)14(11)17-12/h6-8,10,15H,5H2,1-4H3. The van der Waals surface area contributed by atoms with Crippen LogP contribution in [0.2, 0.25) is 0 Å². The maximum Gasteiger partial charge on any atom is 0.176 e. The first-order chi connectivity index (χ1) is 8.15. The van der Waals surface area contributed by atoms with Gasteiger partial charge in [0.05, 0.1) is 13.2 Å². The third-order valence-corrected chi connectivity index (χ3v) is 2.90. The van der Waals surface area contributed by atoms with E-state index in [0.717, 1.165) is 29.0 Å². The highest BCUT2D eigenvalue weighted by molar-refractivity contribution is 5.84. The Morgan fingerprint density at radius 2 is 2.12 bits per heavy atom. The normalized spacial score (nSPS) is 12.9. The Kier molecular flexibility index (Phi) is 3.38. The molecule has 2 aromatic rings. The van der Waals surface area contributed by atoms with E-state index < -0.39 is 0 Å². The highest BCUT2D eigenvalue weighted by Crippen LogP contribution is 2.32. The monoisotopic (exact) mass is 233 g/mol. The minimum Gasteiger partial charge on any atom is -0.493 e. The quantitative estimate of drug-likeness (QED) is 0.878. The fourth-order valence-corrected chi connectivity index (χ4v) is 2.06. The summed E-state index contributed by atoms with van der Waals surface area (Å²) in [5.41, 5.74) is 2.01. The molecule has 3 heteroatoms. The highest BCUT2D eigenvalue weighted by atomic mass is 16.5. The van der Waals surface area contributed by atoms with Gasteiger partial charge in [0.25, 0.3) is 0 Å². The maximum atomic E-state index is 5.87. The molecular formula is C14H19NO2. The summed E-state index contributed by atoms with van der Waals surface area (Å²) in [6.45, 7) is 7.17. The zero-order chi connectivity index (χ0) is 12.4. The van der Waals surface area contributed by atoms with Gasteiger partial charge >= 0.3 is 0 Å². The van der Waals surface area contributed by atoms with Crippen LogP contribution in [-0.2, 0) is 0 Å². The number of nitrogens with one attached hydrogen (secondary N) is 1. The van der Waals surface area contributed by atoms with Gasteiger partial charge in [-0.1, -0.05) is 6.92 Å². The predicted molar refractivity (Wildman–Crippen MR) is 69.6 cm³/mol. The van der Waals surface area contributed by atoms with Crippen molar-refractivity contribution in [2.24, 2.45) is 0 Å². The Morgan fingerprint density at radius 1 is 1.35 bits per heavy atom. The molecule has 0 aliphatic heterocycles. The van der Waals surface area contributed by atoms with E-state index in [1.54, 1.807) is 7.11 Å². The summed E-state index contributed by atoms with van der Waals surface area (Å²) in [5, 5.41) is 4.44. The van der Waals surface area contributed by atoms with Gasteiger partial charge in [0.1, 0.15) is 5.76 Å². The average molecular weight is 233 g/mol. The molecule has 0 aliphatic rings. The second-order valence-corrected chi connectivity index (χ2v) is 4.31. The Hall–Kier alpha value is -1.48. The van der Waals surface area contributed by atoms with Gasteiger partial charge in [-0.3, -0.25) is 0 Å². The molecule has 1 heterocycles. The SMILES string of the molecule is CCNC(C)c1cc2cc(C)cc(OC)c2o1. The molecule has 2 rings (SSSR count). The fourth-order valence-electron chi connectivity index (χ4n) is 2.06. The summed E-state index contributed by atoms with van der Waals surface area (Å²) in [7, 11) is 1.67. The van der Waals surface area contributed by atoms with Crippen molar-refractivity contribution in [2.45, 2.75) is 26.8 Å². The zero-order valence-corrected chi connectivity index (χ0v) is 10.8. The Morgan fingerprint density at radius 3 is 2.76 bits per heavy atom. The molecule has 0 saturated carbocycles. The van der Waals surface area contributed by atoms with Crippen LogP contribution in [0.25, 0.3) is 11.0 Å². The van der Waals surface area contributed by atoms with Crippen molar-refractivity contribution in [3.63, 3.8) is 0 Å². The summed E-state index contributed by atoms with van der Waals surface area (Å²) in [6.07, 6.45) is 0. The first-order valence-electron chi connectivity index (χ1n) is 5.97. The largest absolute Gasteiger partial charge is 0.493 e. The number of aryl methyl sites for hydroxylation is 1. The molecule has 1 N–H and O–H groups in total. The van der Waals surface area contributed by atoms with Crippen molar-refractivity contribution in [2.75, 3.05) is 13.7 Å². The van der Waals surface area contributed by atoms with Gasteiger partial charge < -0.3 is 14.5 Å². The summed E-state index contributed by atoms with van der Waals surface area (Å²) in [4.78, 5) is 0. The number of hydrogen-bond acceptors (Lipinski definition) is 3. The maximum absolute atomic E-state index is 5.87. The molecule has 17 heavy (non-hydrogen) atoms. The van der Waals surface area contributed by atoms with Crippen molar-refractivity contribution < 1.29 is 9.15 Å². The molecule has 3 nitrogen and oxygen atoms in total. The molecule has 0 spiro atoms. The van der Waals surface area contributed by atoms with Crippen molar-refractivity contribution in [3.05, 3.63) is 29.5 Å². The van der Waals surface area contributed by atoms with E-state index in [2.05, 4.69) is 38.2 Å². The number of hydrogen-bond donors (Lipinski definition) is 1. The highest BCUT2D eigenvalue weighted by Gasteiger charge is 2.13. The number of rotatable bonds is 4. The van der Waals surface area contributed by atoms with Crippen LogP contribution in [0.4, 0.5) is 0 Å². The van der Waals surface area contributed by atoms with Gasteiger partial charge in [-0.2, -0.15) is 0 Å². The minimum absolute atomic E-state index is 0.220. The number of ether oxygens (including phenoxy) is 1. The van der Waals surface area contributed by atoms with E-state index in [1.165, 1.54) is 5.56 Å². The lowest BCUT2D eigenvalue weighted by molar-refractivity contribution is 0.400. The molecule has 0 saturated heterocycles. The van der Waals surface area contributed by atoms with E-state index in [9.17, 15) is 0 Å². The average Bonchev–Trinajstić information content (AvgIpc) is 2.71. The van der Waals surface area contributed by atoms with Gasteiger partial charge in [-0.15, -0.1) is 0 Å². The van der Waals surface area contributed by atoms with Crippen molar-refractivity contribution in [1.29, 1.82) is 0 Å². The second kappa shape index (κ2) is 4.80. The molecule has 1 aromatic carbocycles. The van der Waals surface area contributed by atoms with Crippen LogP contribution >= 0.6 is 0 Å². The summed E-state index contributed by atoms with van der Waals surface area (Å²) in [6, 6.07) is 6.41. The molecule has 1 atom stereocenters. The smallest absolute Gasteiger partial charge is 0.176 e. The van der Waals surface area contributed by atoms with E-state index in [4.69, 9.17) is 9.15 Å². The van der Waals surface area contributed by atoms with Crippen molar-refractivity contribution in [1.82, 2.24) is 5.32 Å². The topological polar surface area (TPSA) is 34.4 Å². The van der Waals surface area contributed by atoms with Crippen molar-refractivity contribution >= 4 is 11.0 Å². The second-order valence-electron chi connectivity index (χ2n) is 4.31. The van der Waals surface area contributed by atoms with E-state index in [1.807, 2.05) is 6.07 Å². The molecule has 0 radical (unpaired) electrons. The lowest BCUT2D eigenvalue weighted by atomic mass is 10.1. The van der Waals surface area contributed by atoms with E-state index in [-0.39, 0.29) is 6.04 Å². The van der Waals surface area contributed by atoms with Gasteiger partial charge in [-0.25, -0.2) is 0 Å². The molecule has 1 unspecified atom stereocenters. The summed E-state index contributed by atoms with van der Waals surface area (Å²) in [5.74, 6) is 1.75. The van der Waals surface area contributed by atoms with Crippen LogP contribution in [-0.4, -0.2) is 13.7 Å². The fraction of sp³-hybridized carbons (Fsp3) is 0.429. The van der Waals surface area contributed by atoms with Gasteiger partial charge in [0, 0.05) is 5.39 Å². The first kappa shape index (κ1) is 12.0. The van der Waals surface area contributed by atoms with Gasteiger partial charge in [0.2, 0.25) is 0 Å². The third kappa shape index (κ3) is 2.29. The number of furan rings is 1. The van der Waals surface area contributed by atoms with Crippen LogP contribution in [0.5, 0.6) is 5.75 Å². The molecule has 0 aliphatic carbocycles.